The van der Waals surface area contributed by atoms with E-state index in [0.717, 1.165) is 0 Å². The maximum absolute atomic E-state index is 10.2. The van der Waals surface area contributed by atoms with Crippen LogP contribution in [0.5, 0.6) is 0 Å². The molecule has 0 aliphatic rings. The van der Waals surface area contributed by atoms with Gasteiger partial charge in [0.2, 0.25) is 11.5 Å². The third kappa shape index (κ3) is 1.36. The lowest BCUT2D eigenvalue weighted by molar-refractivity contribution is -0.394. The third-order valence-electron chi connectivity index (χ3n) is 1.19. The second-order valence-corrected chi connectivity index (χ2v) is 2.78. The van der Waals surface area contributed by atoms with E-state index in [1.54, 1.807) is 0 Å². The van der Waals surface area contributed by atoms with E-state index in [1.807, 2.05) is 0 Å². The van der Waals surface area contributed by atoms with Crippen LogP contribution in [-0.4, -0.2) is 29.9 Å². The second kappa shape index (κ2) is 2.86. The van der Waals surface area contributed by atoms with Crippen LogP contribution < -0.4 is 0 Å². The van der Waals surface area contributed by atoms with Crippen molar-refractivity contribution in [3.63, 3.8) is 0 Å². The molecule has 0 saturated carbocycles. The summed E-state index contributed by atoms with van der Waals surface area (Å²) >= 11 is 1.22. The Hall–Kier alpha value is -1.90. The Morgan fingerprint density at radius 1 is 1.62 bits per heavy atom. The molecule has 8 nitrogen and oxygen atoms in total. The van der Waals surface area contributed by atoms with Gasteiger partial charge in [-0.2, -0.15) is 0 Å². The van der Waals surface area contributed by atoms with Crippen LogP contribution in [0.4, 0.5) is 5.95 Å². The number of hydrogen-bond acceptors (Lipinski definition) is 7. The van der Waals surface area contributed by atoms with E-state index in [1.165, 1.54) is 27.9 Å². The van der Waals surface area contributed by atoms with Crippen molar-refractivity contribution in [1.29, 1.82) is 0 Å². The number of hydrogen-bond donors (Lipinski definition) is 0. The molecule has 2 aromatic rings. The zero-order chi connectivity index (χ0) is 9.26. The molecule has 0 N–H and O–H groups in total. The van der Waals surface area contributed by atoms with Crippen LogP contribution in [0.3, 0.4) is 0 Å². The number of rotatable bonds is 2. The van der Waals surface area contributed by atoms with Gasteiger partial charge in [0.15, 0.2) is 0 Å². The summed E-state index contributed by atoms with van der Waals surface area (Å²) in [5.41, 5.74) is 1.50. The first-order valence-electron chi connectivity index (χ1n) is 3.10. The quantitative estimate of drug-likeness (QED) is 0.498. The topological polar surface area (TPSA) is 99.6 Å². The van der Waals surface area contributed by atoms with Gasteiger partial charge in [0.1, 0.15) is 5.51 Å². The van der Waals surface area contributed by atoms with Crippen LogP contribution >= 0.6 is 11.3 Å². The Morgan fingerprint density at radius 2 is 2.46 bits per heavy atom. The molecule has 13 heavy (non-hydrogen) atoms. The lowest BCUT2D eigenvalue weighted by Crippen LogP contribution is -1.96. The highest BCUT2D eigenvalue weighted by Crippen LogP contribution is 2.09. The second-order valence-electron chi connectivity index (χ2n) is 1.97. The summed E-state index contributed by atoms with van der Waals surface area (Å²) < 4.78 is 1.20. The molecule has 2 rings (SSSR count). The fourth-order valence-corrected chi connectivity index (χ4v) is 1.18. The number of nitro groups is 1. The normalized spacial score (nSPS) is 10.2. The Kier molecular flexibility index (Phi) is 1.70. The van der Waals surface area contributed by atoms with Crippen molar-refractivity contribution >= 4 is 17.3 Å². The highest BCUT2D eigenvalue weighted by molar-refractivity contribution is 7.11. The average Bonchev–Trinajstić information content (AvgIpc) is 2.75. The standard InChI is InChI=1S/C4H2N6O2S/c11-10(12)3-5-1-9(8-3)4-7-6-2-13-4/h1-2H. The van der Waals surface area contributed by atoms with Crippen molar-refractivity contribution in [3.05, 3.63) is 22.0 Å². The molecule has 0 saturated heterocycles. The molecular formula is C4H2N6O2S. The van der Waals surface area contributed by atoms with Gasteiger partial charge in [-0.1, -0.05) is 16.3 Å². The predicted octanol–water partition coefficient (Wildman–Crippen LogP) is 0.0270. The largest absolute Gasteiger partial charge is 0.491 e. The molecular weight excluding hydrogens is 196 g/mol. The van der Waals surface area contributed by atoms with E-state index in [2.05, 4.69) is 20.3 Å². The van der Waals surface area contributed by atoms with Gasteiger partial charge in [-0.15, -0.1) is 14.9 Å². The Balaban J connectivity index is 2.39. The molecule has 0 radical (unpaired) electrons. The summed E-state index contributed by atoms with van der Waals surface area (Å²) in [5.74, 6) is -0.449. The third-order valence-corrected chi connectivity index (χ3v) is 1.87. The van der Waals surface area contributed by atoms with E-state index in [0.29, 0.717) is 5.13 Å². The maximum Gasteiger partial charge on any atom is 0.491 e. The van der Waals surface area contributed by atoms with Crippen LogP contribution in [-0.2, 0) is 0 Å². The molecule has 0 aromatic carbocycles. The van der Waals surface area contributed by atoms with Crippen molar-refractivity contribution in [2.75, 3.05) is 0 Å². The molecule has 2 aromatic heterocycles. The lowest BCUT2D eigenvalue weighted by atomic mass is 11.1. The Bertz CT molecular complexity index is 422. The van der Waals surface area contributed by atoms with Gasteiger partial charge >= 0.3 is 5.95 Å². The fraction of sp³-hybridized carbons (Fsp3) is 0. The van der Waals surface area contributed by atoms with Crippen LogP contribution in [0, 0.1) is 10.1 Å². The maximum atomic E-state index is 10.2. The Morgan fingerprint density at radius 3 is 3.00 bits per heavy atom. The van der Waals surface area contributed by atoms with Crippen LogP contribution in [0.25, 0.3) is 5.13 Å². The summed E-state index contributed by atoms with van der Waals surface area (Å²) in [6, 6.07) is 0. The summed E-state index contributed by atoms with van der Waals surface area (Å²) in [6.45, 7) is 0. The van der Waals surface area contributed by atoms with Crippen molar-refractivity contribution < 1.29 is 4.92 Å². The molecule has 0 bridgehead atoms. The first kappa shape index (κ1) is 7.73. The Labute approximate surface area is 75.0 Å². The number of nitrogens with zero attached hydrogens (tertiary/aromatic N) is 6. The highest BCUT2D eigenvalue weighted by Gasteiger charge is 2.15. The first-order chi connectivity index (χ1) is 6.27. The average molecular weight is 198 g/mol. The van der Waals surface area contributed by atoms with Gasteiger partial charge in [0, 0.05) is 5.10 Å². The molecule has 0 unspecified atom stereocenters. The molecule has 0 atom stereocenters. The fourth-order valence-electron chi connectivity index (χ4n) is 0.697. The lowest BCUT2D eigenvalue weighted by Gasteiger charge is -1.84. The highest BCUT2D eigenvalue weighted by atomic mass is 32.1. The smallest absolute Gasteiger partial charge is 0.390 e. The SMILES string of the molecule is O=[N+]([O-])c1ncn(-c2nncs2)n1. The van der Waals surface area contributed by atoms with E-state index in [-0.39, 0.29) is 0 Å². The van der Waals surface area contributed by atoms with Crippen LogP contribution in [0.15, 0.2) is 11.8 Å². The zero-order valence-electron chi connectivity index (χ0n) is 6.06. The van der Waals surface area contributed by atoms with Crippen molar-refractivity contribution in [2.45, 2.75) is 0 Å². The van der Waals surface area contributed by atoms with Crippen molar-refractivity contribution in [3.8, 4) is 5.13 Å². The summed E-state index contributed by atoms with van der Waals surface area (Å²) in [5, 5.41) is 21.5. The van der Waals surface area contributed by atoms with Gasteiger partial charge < -0.3 is 10.1 Å². The van der Waals surface area contributed by atoms with Gasteiger partial charge in [-0.3, -0.25) is 0 Å². The van der Waals surface area contributed by atoms with Crippen molar-refractivity contribution in [2.24, 2.45) is 0 Å². The molecule has 9 heteroatoms. The predicted molar refractivity (Wildman–Crippen MR) is 41.5 cm³/mol. The van der Waals surface area contributed by atoms with Crippen LogP contribution in [0.1, 0.15) is 0 Å². The van der Waals surface area contributed by atoms with E-state index in [9.17, 15) is 10.1 Å². The molecule has 0 spiro atoms. The molecule has 0 fully saturated rings. The summed E-state index contributed by atoms with van der Waals surface area (Å²) in [7, 11) is 0. The molecule has 2 heterocycles. The monoisotopic (exact) mass is 198 g/mol. The van der Waals surface area contributed by atoms with E-state index in [4.69, 9.17) is 0 Å². The van der Waals surface area contributed by atoms with E-state index < -0.39 is 10.9 Å². The van der Waals surface area contributed by atoms with Gasteiger partial charge in [0.05, 0.1) is 0 Å². The van der Waals surface area contributed by atoms with E-state index >= 15 is 0 Å². The van der Waals surface area contributed by atoms with Crippen molar-refractivity contribution in [1.82, 2.24) is 25.0 Å². The van der Waals surface area contributed by atoms with Gasteiger partial charge in [0.25, 0.3) is 0 Å². The van der Waals surface area contributed by atoms with Gasteiger partial charge in [-0.05, 0) is 4.92 Å². The number of aromatic nitrogens is 5. The minimum absolute atomic E-state index is 0.445. The molecule has 66 valence electrons. The summed E-state index contributed by atoms with van der Waals surface area (Å²) in [6.07, 6.45) is 1.22. The molecule has 0 aliphatic carbocycles. The first-order valence-corrected chi connectivity index (χ1v) is 3.98. The zero-order valence-corrected chi connectivity index (χ0v) is 6.88. The van der Waals surface area contributed by atoms with Crippen LogP contribution in [0.2, 0.25) is 0 Å². The minimum Gasteiger partial charge on any atom is -0.390 e. The molecule has 0 aliphatic heterocycles. The summed E-state index contributed by atoms with van der Waals surface area (Å²) in [4.78, 5) is 13.0. The van der Waals surface area contributed by atoms with Gasteiger partial charge in [-0.25, -0.2) is 0 Å². The minimum atomic E-state index is -0.669. The molecule has 0 amide bonds.